The highest BCUT2D eigenvalue weighted by Crippen LogP contribution is 2.38. The molecule has 0 bridgehead atoms. The summed E-state index contributed by atoms with van der Waals surface area (Å²) in [5.41, 5.74) is 0.720. The van der Waals surface area contributed by atoms with Gasteiger partial charge in [-0.05, 0) is 37.7 Å². The first kappa shape index (κ1) is 13.0. The second-order valence-corrected chi connectivity index (χ2v) is 6.04. The molecular formula is C14H19ClN2O2. The first-order valence-electron chi connectivity index (χ1n) is 6.96. The predicted octanol–water partition coefficient (Wildman–Crippen LogP) is 2.32. The minimum atomic E-state index is 0.0826. The van der Waals surface area contributed by atoms with Gasteiger partial charge in [-0.25, -0.2) is 0 Å². The standard InChI is InChI=1S/C14H19ClN2O2/c15-11-7-13(17(9-11)12-1-2-12)14(19)16-5-3-10(8-16)4-6-18/h7,9-10,12,18H,1-6,8H2. The van der Waals surface area contributed by atoms with Crippen LogP contribution in [0.2, 0.25) is 5.02 Å². The Morgan fingerprint density at radius 2 is 2.21 bits per heavy atom. The van der Waals surface area contributed by atoms with Crippen molar-refractivity contribution in [3.63, 3.8) is 0 Å². The van der Waals surface area contributed by atoms with Crippen LogP contribution in [0.5, 0.6) is 0 Å². The number of rotatable bonds is 4. The number of amides is 1. The molecule has 2 aliphatic rings. The SMILES string of the molecule is O=C(c1cc(Cl)cn1C1CC1)N1CCC(CCO)C1. The summed E-state index contributed by atoms with van der Waals surface area (Å²) in [4.78, 5) is 14.4. The van der Waals surface area contributed by atoms with Crippen molar-refractivity contribution < 1.29 is 9.90 Å². The van der Waals surface area contributed by atoms with Crippen molar-refractivity contribution in [1.82, 2.24) is 9.47 Å². The summed E-state index contributed by atoms with van der Waals surface area (Å²) >= 11 is 6.04. The molecule has 5 heteroatoms. The lowest BCUT2D eigenvalue weighted by atomic mass is 10.1. The number of halogens is 1. The van der Waals surface area contributed by atoms with Gasteiger partial charge in [-0.1, -0.05) is 11.6 Å². The molecule has 1 aromatic heterocycles. The molecule has 0 radical (unpaired) electrons. The molecule has 19 heavy (non-hydrogen) atoms. The molecule has 1 aliphatic heterocycles. The maximum Gasteiger partial charge on any atom is 0.270 e. The molecule has 1 aromatic rings. The highest BCUT2D eigenvalue weighted by molar-refractivity contribution is 6.31. The van der Waals surface area contributed by atoms with Gasteiger partial charge in [0.15, 0.2) is 0 Å². The van der Waals surface area contributed by atoms with E-state index in [-0.39, 0.29) is 12.5 Å². The first-order valence-corrected chi connectivity index (χ1v) is 7.34. The van der Waals surface area contributed by atoms with Gasteiger partial charge in [0.25, 0.3) is 5.91 Å². The minimum Gasteiger partial charge on any atom is -0.396 e. The van der Waals surface area contributed by atoms with E-state index in [1.807, 2.05) is 15.7 Å². The van der Waals surface area contributed by atoms with E-state index >= 15 is 0 Å². The fourth-order valence-corrected chi connectivity index (χ4v) is 3.08. The van der Waals surface area contributed by atoms with Crippen LogP contribution in [0.15, 0.2) is 12.3 Å². The highest BCUT2D eigenvalue weighted by atomic mass is 35.5. The van der Waals surface area contributed by atoms with Crippen LogP contribution in [0.25, 0.3) is 0 Å². The molecule has 1 saturated heterocycles. The third-order valence-electron chi connectivity index (χ3n) is 4.08. The molecule has 0 spiro atoms. The van der Waals surface area contributed by atoms with E-state index in [4.69, 9.17) is 16.7 Å². The van der Waals surface area contributed by atoms with Crippen LogP contribution in [-0.4, -0.2) is 40.2 Å². The van der Waals surface area contributed by atoms with Gasteiger partial charge in [-0.3, -0.25) is 4.79 Å². The number of aliphatic hydroxyl groups excluding tert-OH is 1. The van der Waals surface area contributed by atoms with Crippen molar-refractivity contribution in [2.45, 2.75) is 31.7 Å². The molecule has 2 heterocycles. The minimum absolute atomic E-state index is 0.0826. The molecule has 2 fully saturated rings. The second-order valence-electron chi connectivity index (χ2n) is 5.60. The zero-order valence-corrected chi connectivity index (χ0v) is 11.6. The Balaban J connectivity index is 1.73. The van der Waals surface area contributed by atoms with Gasteiger partial charge >= 0.3 is 0 Å². The summed E-state index contributed by atoms with van der Waals surface area (Å²) < 4.78 is 2.03. The monoisotopic (exact) mass is 282 g/mol. The van der Waals surface area contributed by atoms with E-state index in [1.54, 1.807) is 6.07 Å². The van der Waals surface area contributed by atoms with E-state index in [2.05, 4.69) is 0 Å². The number of hydrogen-bond acceptors (Lipinski definition) is 2. The van der Waals surface area contributed by atoms with Gasteiger partial charge in [0, 0.05) is 31.9 Å². The van der Waals surface area contributed by atoms with Crippen LogP contribution >= 0.6 is 11.6 Å². The summed E-state index contributed by atoms with van der Waals surface area (Å²) in [6.45, 7) is 1.75. The lowest BCUT2D eigenvalue weighted by Gasteiger charge is -2.17. The number of carbonyl (C=O) groups is 1. The summed E-state index contributed by atoms with van der Waals surface area (Å²) in [6, 6.07) is 2.24. The smallest absolute Gasteiger partial charge is 0.270 e. The third-order valence-corrected chi connectivity index (χ3v) is 4.29. The van der Waals surface area contributed by atoms with E-state index in [0.717, 1.165) is 44.5 Å². The Bertz CT molecular complexity index is 482. The molecule has 1 atom stereocenters. The van der Waals surface area contributed by atoms with Crippen LogP contribution in [0.3, 0.4) is 0 Å². The zero-order chi connectivity index (χ0) is 13.4. The van der Waals surface area contributed by atoms with E-state index in [9.17, 15) is 4.79 Å². The number of hydrogen-bond donors (Lipinski definition) is 1. The average molecular weight is 283 g/mol. The molecule has 1 aliphatic carbocycles. The van der Waals surface area contributed by atoms with Crippen LogP contribution in [0, 0.1) is 5.92 Å². The molecule has 4 nitrogen and oxygen atoms in total. The van der Waals surface area contributed by atoms with Crippen molar-refractivity contribution in [3.05, 3.63) is 23.0 Å². The number of aliphatic hydroxyl groups is 1. The largest absolute Gasteiger partial charge is 0.396 e. The Morgan fingerprint density at radius 3 is 2.89 bits per heavy atom. The predicted molar refractivity (Wildman–Crippen MR) is 73.4 cm³/mol. The summed E-state index contributed by atoms with van der Waals surface area (Å²) in [6.07, 6.45) is 5.92. The maximum atomic E-state index is 12.5. The Kier molecular flexibility index (Phi) is 3.54. The normalized spacial score (nSPS) is 23.1. The third kappa shape index (κ3) is 2.65. The van der Waals surface area contributed by atoms with E-state index < -0.39 is 0 Å². The van der Waals surface area contributed by atoms with Crippen LogP contribution in [0.1, 0.15) is 42.2 Å². The zero-order valence-electron chi connectivity index (χ0n) is 10.9. The molecule has 1 saturated carbocycles. The second kappa shape index (κ2) is 5.17. The number of nitrogens with zero attached hydrogens (tertiary/aromatic N) is 2. The van der Waals surface area contributed by atoms with Crippen molar-refractivity contribution in [2.75, 3.05) is 19.7 Å². The Labute approximate surface area is 118 Å². The van der Waals surface area contributed by atoms with Crippen molar-refractivity contribution in [2.24, 2.45) is 5.92 Å². The molecule has 1 unspecified atom stereocenters. The van der Waals surface area contributed by atoms with Crippen molar-refractivity contribution in [3.8, 4) is 0 Å². The Hall–Kier alpha value is -1.00. The van der Waals surface area contributed by atoms with Gasteiger partial charge in [-0.15, -0.1) is 0 Å². The van der Waals surface area contributed by atoms with E-state index in [1.165, 1.54) is 0 Å². The van der Waals surface area contributed by atoms with Gasteiger partial charge in [0.1, 0.15) is 5.69 Å². The lowest BCUT2D eigenvalue weighted by Crippen LogP contribution is -2.30. The van der Waals surface area contributed by atoms with Crippen molar-refractivity contribution >= 4 is 17.5 Å². The van der Waals surface area contributed by atoms with Crippen LogP contribution < -0.4 is 0 Å². The van der Waals surface area contributed by atoms with E-state index in [0.29, 0.717) is 17.0 Å². The number of aromatic nitrogens is 1. The Morgan fingerprint density at radius 1 is 1.42 bits per heavy atom. The number of carbonyl (C=O) groups excluding carboxylic acids is 1. The van der Waals surface area contributed by atoms with Crippen LogP contribution in [-0.2, 0) is 0 Å². The fourth-order valence-electron chi connectivity index (χ4n) is 2.87. The van der Waals surface area contributed by atoms with Crippen LogP contribution in [0.4, 0.5) is 0 Å². The fraction of sp³-hybridized carbons (Fsp3) is 0.643. The van der Waals surface area contributed by atoms with Gasteiger partial charge in [0.05, 0.1) is 5.02 Å². The van der Waals surface area contributed by atoms with Gasteiger partial charge in [0.2, 0.25) is 0 Å². The topological polar surface area (TPSA) is 45.5 Å². The molecule has 3 rings (SSSR count). The molecule has 1 N–H and O–H groups in total. The molecule has 0 aromatic carbocycles. The average Bonchev–Trinajstić information content (AvgIpc) is 3.01. The highest BCUT2D eigenvalue weighted by Gasteiger charge is 2.32. The maximum absolute atomic E-state index is 12.5. The quantitative estimate of drug-likeness (QED) is 0.921. The molecular weight excluding hydrogens is 264 g/mol. The number of likely N-dealkylation sites (tertiary alicyclic amines) is 1. The summed E-state index contributed by atoms with van der Waals surface area (Å²) in [5, 5.41) is 9.61. The molecule has 1 amide bonds. The summed E-state index contributed by atoms with van der Waals surface area (Å²) in [5.74, 6) is 0.521. The molecule has 104 valence electrons. The lowest BCUT2D eigenvalue weighted by molar-refractivity contribution is 0.0774. The van der Waals surface area contributed by atoms with Crippen molar-refractivity contribution in [1.29, 1.82) is 0 Å². The van der Waals surface area contributed by atoms with Gasteiger partial charge < -0.3 is 14.6 Å². The van der Waals surface area contributed by atoms with Gasteiger partial charge in [-0.2, -0.15) is 0 Å². The first-order chi connectivity index (χ1) is 9.19. The summed E-state index contributed by atoms with van der Waals surface area (Å²) in [7, 11) is 0.